The van der Waals surface area contributed by atoms with Crippen molar-refractivity contribution in [1.82, 2.24) is 4.90 Å². The van der Waals surface area contributed by atoms with Crippen LogP contribution in [-0.4, -0.2) is 43.5 Å². The Morgan fingerprint density at radius 1 is 1.23 bits per heavy atom. The predicted molar refractivity (Wildman–Crippen MR) is 99.7 cm³/mol. The van der Waals surface area contributed by atoms with Gasteiger partial charge in [0.15, 0.2) is 10.4 Å². The first kappa shape index (κ1) is 18.6. The molecule has 0 atom stereocenters. The van der Waals surface area contributed by atoms with Crippen LogP contribution in [0.15, 0.2) is 51.8 Å². The highest BCUT2D eigenvalue weighted by molar-refractivity contribution is 9.10. The van der Waals surface area contributed by atoms with E-state index in [-0.39, 0.29) is 18.1 Å². The molecule has 2 heterocycles. The van der Waals surface area contributed by atoms with E-state index in [4.69, 9.17) is 4.42 Å². The van der Waals surface area contributed by atoms with Gasteiger partial charge in [0.25, 0.3) is 5.91 Å². The van der Waals surface area contributed by atoms with Crippen LogP contribution in [0, 0.1) is 5.82 Å². The Hall–Kier alpha value is -2.19. The molecule has 1 aliphatic heterocycles. The summed E-state index contributed by atoms with van der Waals surface area (Å²) in [4.78, 5) is 16.1. The molecule has 1 aromatic heterocycles. The SMILES string of the molecule is C=C(F)CN1CCN(c2c(F)cccc2NC(=O)c2ccc(Br)o2)CC1. The summed E-state index contributed by atoms with van der Waals surface area (Å²) in [5.74, 6) is -1.15. The van der Waals surface area contributed by atoms with E-state index < -0.39 is 11.7 Å². The molecule has 1 fully saturated rings. The van der Waals surface area contributed by atoms with Gasteiger partial charge in [-0.2, -0.15) is 0 Å². The molecule has 1 aliphatic rings. The van der Waals surface area contributed by atoms with Crippen LogP contribution in [0.2, 0.25) is 0 Å². The maximum Gasteiger partial charge on any atom is 0.291 e. The Morgan fingerprint density at radius 3 is 2.58 bits per heavy atom. The molecular formula is C18H18BrF2N3O2. The van der Waals surface area contributed by atoms with E-state index >= 15 is 0 Å². The van der Waals surface area contributed by atoms with Gasteiger partial charge in [0.05, 0.1) is 11.4 Å². The Kier molecular flexibility index (Phi) is 5.73. The van der Waals surface area contributed by atoms with E-state index in [0.29, 0.717) is 42.2 Å². The van der Waals surface area contributed by atoms with E-state index in [1.807, 2.05) is 9.80 Å². The van der Waals surface area contributed by atoms with Crippen molar-refractivity contribution in [3.05, 3.63) is 59.0 Å². The number of furan rings is 1. The number of nitrogens with one attached hydrogen (secondary N) is 1. The second kappa shape index (κ2) is 8.01. The van der Waals surface area contributed by atoms with Gasteiger partial charge >= 0.3 is 0 Å². The van der Waals surface area contributed by atoms with E-state index in [1.54, 1.807) is 12.1 Å². The molecule has 0 unspecified atom stereocenters. The number of carbonyl (C=O) groups is 1. The number of hydrogen-bond donors (Lipinski definition) is 1. The second-order valence-electron chi connectivity index (χ2n) is 5.97. The van der Waals surface area contributed by atoms with Crippen molar-refractivity contribution < 1.29 is 18.0 Å². The van der Waals surface area contributed by atoms with Crippen molar-refractivity contribution in [3.63, 3.8) is 0 Å². The van der Waals surface area contributed by atoms with E-state index in [0.717, 1.165) is 0 Å². The van der Waals surface area contributed by atoms with Crippen molar-refractivity contribution in [3.8, 4) is 0 Å². The quantitative estimate of drug-likeness (QED) is 0.785. The minimum Gasteiger partial charge on any atom is -0.444 e. The van der Waals surface area contributed by atoms with E-state index in [1.165, 1.54) is 18.2 Å². The second-order valence-corrected chi connectivity index (χ2v) is 6.76. The zero-order valence-corrected chi connectivity index (χ0v) is 15.6. The molecule has 8 heteroatoms. The summed E-state index contributed by atoms with van der Waals surface area (Å²) >= 11 is 3.14. The number of halogens is 3. The molecule has 138 valence electrons. The lowest BCUT2D eigenvalue weighted by atomic mass is 10.2. The van der Waals surface area contributed by atoms with Crippen LogP contribution < -0.4 is 10.2 Å². The molecule has 1 saturated heterocycles. The van der Waals surface area contributed by atoms with Crippen LogP contribution in [0.3, 0.4) is 0 Å². The Bertz CT molecular complexity index is 817. The fourth-order valence-corrected chi connectivity index (χ4v) is 3.24. The molecule has 1 N–H and O–H groups in total. The van der Waals surface area contributed by atoms with Gasteiger partial charge in [-0.05, 0) is 40.2 Å². The topological polar surface area (TPSA) is 48.7 Å². The van der Waals surface area contributed by atoms with Crippen molar-refractivity contribution in [1.29, 1.82) is 0 Å². The molecule has 26 heavy (non-hydrogen) atoms. The van der Waals surface area contributed by atoms with Gasteiger partial charge in [0, 0.05) is 32.7 Å². The van der Waals surface area contributed by atoms with Gasteiger partial charge < -0.3 is 14.6 Å². The first-order valence-electron chi connectivity index (χ1n) is 8.10. The number of anilines is 2. The zero-order chi connectivity index (χ0) is 18.7. The average molecular weight is 426 g/mol. The molecule has 1 aromatic carbocycles. The van der Waals surface area contributed by atoms with Gasteiger partial charge in [0.1, 0.15) is 11.6 Å². The molecule has 0 bridgehead atoms. The molecule has 0 spiro atoms. The fraction of sp³-hybridized carbons (Fsp3) is 0.278. The van der Waals surface area contributed by atoms with Crippen LogP contribution in [-0.2, 0) is 0 Å². The minimum absolute atomic E-state index is 0.123. The first-order chi connectivity index (χ1) is 12.4. The zero-order valence-electron chi connectivity index (χ0n) is 14.0. The van der Waals surface area contributed by atoms with Crippen molar-refractivity contribution in [2.24, 2.45) is 0 Å². The van der Waals surface area contributed by atoms with Crippen molar-refractivity contribution >= 4 is 33.2 Å². The molecular weight excluding hydrogens is 408 g/mol. The maximum atomic E-state index is 14.5. The number of rotatable bonds is 5. The number of amides is 1. The monoisotopic (exact) mass is 425 g/mol. The Morgan fingerprint density at radius 2 is 1.96 bits per heavy atom. The standard InChI is InChI=1S/C18H18BrF2N3O2/c1-12(20)11-23-7-9-24(10-8-23)17-13(21)3-2-4-14(17)22-18(25)15-5-6-16(19)26-15/h2-6H,1,7-11H2,(H,22,25). The number of benzene rings is 1. The van der Waals surface area contributed by atoms with Gasteiger partial charge in [-0.3, -0.25) is 9.69 Å². The molecule has 0 saturated carbocycles. The molecule has 5 nitrogen and oxygen atoms in total. The lowest BCUT2D eigenvalue weighted by Gasteiger charge is -2.36. The third kappa shape index (κ3) is 4.31. The van der Waals surface area contributed by atoms with Gasteiger partial charge in [-0.1, -0.05) is 12.6 Å². The third-order valence-corrected chi connectivity index (χ3v) is 4.54. The summed E-state index contributed by atoms with van der Waals surface area (Å²) in [6.07, 6.45) is 0. The lowest BCUT2D eigenvalue weighted by Crippen LogP contribution is -2.47. The number of carbonyl (C=O) groups excluding carboxylic acids is 1. The summed E-state index contributed by atoms with van der Waals surface area (Å²) in [5.41, 5.74) is 0.691. The third-order valence-electron chi connectivity index (χ3n) is 4.12. The van der Waals surface area contributed by atoms with Crippen LogP contribution in [0.5, 0.6) is 0 Å². The summed E-state index contributed by atoms with van der Waals surface area (Å²) in [5, 5.41) is 2.70. The molecule has 0 aliphatic carbocycles. The summed E-state index contributed by atoms with van der Waals surface area (Å²) in [6.45, 7) is 5.65. The number of hydrogen-bond acceptors (Lipinski definition) is 4. The van der Waals surface area contributed by atoms with Crippen molar-refractivity contribution in [2.45, 2.75) is 0 Å². The van der Waals surface area contributed by atoms with Crippen molar-refractivity contribution in [2.75, 3.05) is 42.9 Å². The maximum absolute atomic E-state index is 14.5. The van der Waals surface area contributed by atoms with Crippen LogP contribution in [0.4, 0.5) is 20.2 Å². The lowest BCUT2D eigenvalue weighted by molar-refractivity contribution is 0.0995. The van der Waals surface area contributed by atoms with Crippen LogP contribution in [0.1, 0.15) is 10.6 Å². The summed E-state index contributed by atoms with van der Waals surface area (Å²) < 4.78 is 33.1. The smallest absolute Gasteiger partial charge is 0.291 e. The van der Waals surface area contributed by atoms with Crippen LogP contribution in [0.25, 0.3) is 0 Å². The van der Waals surface area contributed by atoms with Gasteiger partial charge in [0.2, 0.25) is 0 Å². The molecule has 1 amide bonds. The summed E-state index contributed by atoms with van der Waals surface area (Å²) in [7, 11) is 0. The van der Waals surface area contributed by atoms with Gasteiger partial charge in [-0.25, -0.2) is 8.78 Å². The predicted octanol–water partition coefficient (Wildman–Crippen LogP) is 4.04. The Balaban J connectivity index is 1.76. The molecule has 0 radical (unpaired) electrons. The highest BCUT2D eigenvalue weighted by atomic mass is 79.9. The normalized spacial score (nSPS) is 15.1. The number of para-hydroxylation sites is 1. The van der Waals surface area contributed by atoms with E-state index in [2.05, 4.69) is 27.8 Å². The highest BCUT2D eigenvalue weighted by Gasteiger charge is 2.23. The molecule has 3 rings (SSSR count). The Labute approximate surface area is 158 Å². The van der Waals surface area contributed by atoms with Gasteiger partial charge in [-0.15, -0.1) is 0 Å². The fourth-order valence-electron chi connectivity index (χ4n) is 2.93. The summed E-state index contributed by atoms with van der Waals surface area (Å²) in [6, 6.07) is 7.67. The molecule has 2 aromatic rings. The highest BCUT2D eigenvalue weighted by Crippen LogP contribution is 2.31. The van der Waals surface area contributed by atoms with Crippen LogP contribution >= 0.6 is 15.9 Å². The van der Waals surface area contributed by atoms with E-state index in [9.17, 15) is 13.6 Å². The largest absolute Gasteiger partial charge is 0.444 e. The number of piperazine rings is 1. The minimum atomic E-state index is -0.463. The first-order valence-corrected chi connectivity index (χ1v) is 8.89. The number of nitrogens with zero attached hydrogens (tertiary/aromatic N) is 2. The average Bonchev–Trinajstić information content (AvgIpc) is 3.02.